The van der Waals surface area contributed by atoms with Gasteiger partial charge in [0.15, 0.2) is 0 Å². The van der Waals surface area contributed by atoms with Crippen LogP contribution >= 0.6 is 0 Å². The van der Waals surface area contributed by atoms with Crippen LogP contribution in [0.25, 0.3) is 0 Å². The Kier molecular flexibility index (Phi) is 5.38. The lowest BCUT2D eigenvalue weighted by Gasteiger charge is -2.34. The fourth-order valence-electron chi connectivity index (χ4n) is 2.84. The molecule has 0 amide bonds. The maximum absolute atomic E-state index is 11.5. The maximum Gasteiger partial charge on any atom is 0.315 e. The van der Waals surface area contributed by atoms with Crippen molar-refractivity contribution < 1.29 is 9.66 Å². The van der Waals surface area contributed by atoms with E-state index in [1.807, 2.05) is 26.0 Å². The normalized spacial score (nSPS) is 18.6. The molecule has 1 unspecified atom stereocenters. The quantitative estimate of drug-likeness (QED) is 0.645. The van der Waals surface area contributed by atoms with Gasteiger partial charge in [-0.25, -0.2) is 0 Å². The molecule has 116 valence electrons. The van der Waals surface area contributed by atoms with Gasteiger partial charge in [0.1, 0.15) is 11.4 Å². The number of hydrogen-bond donors (Lipinski definition) is 1. The molecule has 21 heavy (non-hydrogen) atoms. The van der Waals surface area contributed by atoms with Crippen molar-refractivity contribution in [1.29, 1.82) is 0 Å². The van der Waals surface area contributed by atoms with Crippen molar-refractivity contribution in [3.63, 3.8) is 0 Å². The van der Waals surface area contributed by atoms with Crippen LogP contribution in [0.1, 0.15) is 26.7 Å². The number of anilines is 2. The molecule has 0 aliphatic carbocycles. The molecule has 0 saturated carbocycles. The molecular weight excluding hydrogens is 270 g/mol. The first kappa shape index (κ1) is 15.6. The number of hydrogen-bond acceptors (Lipinski definition) is 5. The summed E-state index contributed by atoms with van der Waals surface area (Å²) < 4.78 is 5.69. The van der Waals surface area contributed by atoms with Crippen molar-refractivity contribution >= 4 is 17.1 Å². The largest absolute Gasteiger partial charge is 0.380 e. The lowest BCUT2D eigenvalue weighted by Crippen LogP contribution is -2.40. The molecule has 1 aromatic rings. The molecular formula is C15H23N3O3. The fraction of sp³-hybridized carbons (Fsp3) is 0.600. The van der Waals surface area contributed by atoms with Crippen molar-refractivity contribution in [2.45, 2.75) is 32.8 Å². The molecule has 1 fully saturated rings. The second kappa shape index (κ2) is 7.26. The average molecular weight is 293 g/mol. The third-order valence-corrected chi connectivity index (χ3v) is 3.69. The minimum absolute atomic E-state index is 0.158. The van der Waals surface area contributed by atoms with Crippen LogP contribution in [-0.2, 0) is 4.74 Å². The van der Waals surface area contributed by atoms with Gasteiger partial charge >= 0.3 is 5.69 Å². The number of ether oxygens (including phenoxy) is 1. The summed E-state index contributed by atoms with van der Waals surface area (Å²) in [5.41, 5.74) is 1.43. The zero-order valence-electron chi connectivity index (χ0n) is 12.7. The van der Waals surface area contributed by atoms with Crippen molar-refractivity contribution in [2.24, 2.45) is 0 Å². The first-order valence-electron chi connectivity index (χ1n) is 7.55. The summed E-state index contributed by atoms with van der Waals surface area (Å²) in [5.74, 6) is 0. The highest BCUT2D eigenvalue weighted by molar-refractivity contribution is 5.77. The summed E-state index contributed by atoms with van der Waals surface area (Å²) in [6.07, 6.45) is 2.17. The van der Waals surface area contributed by atoms with E-state index in [-0.39, 0.29) is 16.7 Å². The highest BCUT2D eigenvalue weighted by atomic mass is 16.6. The molecule has 1 atom stereocenters. The number of nitro benzene ring substituents is 1. The second-order valence-corrected chi connectivity index (χ2v) is 5.13. The van der Waals surface area contributed by atoms with Gasteiger partial charge in [0, 0.05) is 26.2 Å². The first-order valence-corrected chi connectivity index (χ1v) is 7.55. The molecule has 0 bridgehead atoms. The minimum atomic E-state index is -0.294. The topological polar surface area (TPSA) is 67.6 Å². The molecule has 1 N–H and O–H groups in total. The van der Waals surface area contributed by atoms with Gasteiger partial charge in [-0.1, -0.05) is 6.07 Å². The molecule has 2 rings (SSSR count). The van der Waals surface area contributed by atoms with E-state index in [4.69, 9.17) is 4.74 Å². The molecule has 0 spiro atoms. The first-order chi connectivity index (χ1) is 10.2. The Hall–Kier alpha value is -1.82. The van der Waals surface area contributed by atoms with Crippen molar-refractivity contribution in [1.82, 2.24) is 0 Å². The van der Waals surface area contributed by atoms with E-state index in [1.54, 1.807) is 6.07 Å². The van der Waals surface area contributed by atoms with Crippen LogP contribution in [0.4, 0.5) is 17.1 Å². The van der Waals surface area contributed by atoms with Crippen LogP contribution in [0.2, 0.25) is 0 Å². The number of nitro groups is 1. The maximum atomic E-state index is 11.5. The van der Waals surface area contributed by atoms with E-state index in [1.165, 1.54) is 0 Å². The Morgan fingerprint density at radius 3 is 2.95 bits per heavy atom. The van der Waals surface area contributed by atoms with Gasteiger partial charge in [0.05, 0.1) is 11.0 Å². The van der Waals surface area contributed by atoms with E-state index in [2.05, 4.69) is 10.2 Å². The molecule has 1 aliphatic rings. The summed E-state index contributed by atoms with van der Waals surface area (Å²) in [6.45, 7) is 6.80. The number of piperidine rings is 1. The standard InChI is InChI=1S/C15H23N3O3/c1-3-16-13-8-5-9-14(15(13)18(19)20)17-10-6-7-12(11-17)21-4-2/h5,8-9,12,16H,3-4,6-7,10-11H2,1-2H3. The smallest absolute Gasteiger partial charge is 0.315 e. The van der Waals surface area contributed by atoms with Gasteiger partial charge < -0.3 is 15.0 Å². The Balaban J connectivity index is 2.29. The van der Waals surface area contributed by atoms with Gasteiger partial charge in [-0.05, 0) is 38.8 Å². The number of rotatable bonds is 6. The monoisotopic (exact) mass is 293 g/mol. The Morgan fingerprint density at radius 2 is 2.29 bits per heavy atom. The van der Waals surface area contributed by atoms with Crippen LogP contribution < -0.4 is 10.2 Å². The summed E-state index contributed by atoms with van der Waals surface area (Å²) >= 11 is 0. The van der Waals surface area contributed by atoms with Crippen molar-refractivity contribution in [2.75, 3.05) is 36.5 Å². The van der Waals surface area contributed by atoms with Gasteiger partial charge in [-0.2, -0.15) is 0 Å². The summed E-state index contributed by atoms with van der Waals surface area (Å²) in [4.78, 5) is 13.3. The van der Waals surface area contributed by atoms with Gasteiger partial charge in [-0.15, -0.1) is 0 Å². The Bertz CT molecular complexity index is 491. The molecule has 6 heteroatoms. The predicted molar refractivity (Wildman–Crippen MR) is 84.1 cm³/mol. The zero-order chi connectivity index (χ0) is 15.2. The fourth-order valence-corrected chi connectivity index (χ4v) is 2.84. The lowest BCUT2D eigenvalue weighted by molar-refractivity contribution is -0.383. The number of nitrogens with zero attached hydrogens (tertiary/aromatic N) is 2. The van der Waals surface area contributed by atoms with Crippen molar-refractivity contribution in [3.8, 4) is 0 Å². The average Bonchev–Trinajstić information content (AvgIpc) is 2.48. The second-order valence-electron chi connectivity index (χ2n) is 5.13. The predicted octanol–water partition coefficient (Wildman–Crippen LogP) is 3.03. The van der Waals surface area contributed by atoms with Crippen LogP contribution in [0.5, 0.6) is 0 Å². The molecule has 1 saturated heterocycles. The number of nitrogens with one attached hydrogen (secondary N) is 1. The molecule has 6 nitrogen and oxygen atoms in total. The van der Waals surface area contributed by atoms with E-state index in [0.29, 0.717) is 31.1 Å². The van der Waals surface area contributed by atoms with Crippen molar-refractivity contribution in [3.05, 3.63) is 28.3 Å². The van der Waals surface area contributed by atoms with E-state index in [9.17, 15) is 10.1 Å². The Morgan fingerprint density at radius 1 is 1.48 bits per heavy atom. The summed E-state index contributed by atoms with van der Waals surface area (Å²) in [5, 5.41) is 14.5. The molecule has 1 aromatic carbocycles. The number of para-hydroxylation sites is 1. The summed E-state index contributed by atoms with van der Waals surface area (Å²) in [7, 11) is 0. The zero-order valence-corrected chi connectivity index (χ0v) is 12.7. The molecule has 0 radical (unpaired) electrons. The third kappa shape index (κ3) is 3.64. The van der Waals surface area contributed by atoms with Gasteiger partial charge in [-0.3, -0.25) is 10.1 Å². The SMILES string of the molecule is CCNc1cccc(N2CCCC(OCC)C2)c1[N+](=O)[O-]. The highest BCUT2D eigenvalue weighted by Crippen LogP contribution is 2.36. The van der Waals surface area contributed by atoms with E-state index < -0.39 is 0 Å². The third-order valence-electron chi connectivity index (χ3n) is 3.69. The van der Waals surface area contributed by atoms with Crippen LogP contribution in [-0.4, -0.2) is 37.3 Å². The molecule has 1 aliphatic heterocycles. The van der Waals surface area contributed by atoms with Crippen LogP contribution in [0.15, 0.2) is 18.2 Å². The van der Waals surface area contributed by atoms with E-state index in [0.717, 1.165) is 19.4 Å². The summed E-state index contributed by atoms with van der Waals surface area (Å²) in [6, 6.07) is 5.45. The van der Waals surface area contributed by atoms with Gasteiger partial charge in [0.2, 0.25) is 0 Å². The van der Waals surface area contributed by atoms with Gasteiger partial charge in [0.25, 0.3) is 0 Å². The Labute approximate surface area is 125 Å². The molecule has 1 heterocycles. The minimum Gasteiger partial charge on any atom is -0.380 e. The number of benzene rings is 1. The van der Waals surface area contributed by atoms with E-state index >= 15 is 0 Å². The highest BCUT2D eigenvalue weighted by Gasteiger charge is 2.27. The van der Waals surface area contributed by atoms with Crippen LogP contribution in [0, 0.1) is 10.1 Å². The molecule has 0 aromatic heterocycles. The van der Waals surface area contributed by atoms with Crippen LogP contribution in [0.3, 0.4) is 0 Å². The lowest BCUT2D eigenvalue weighted by atomic mass is 10.1.